The molecule has 0 bridgehead atoms. The van der Waals surface area contributed by atoms with E-state index in [1.54, 1.807) is 24.3 Å². The summed E-state index contributed by atoms with van der Waals surface area (Å²) < 4.78 is 0. The van der Waals surface area contributed by atoms with E-state index in [0.29, 0.717) is 11.1 Å². The highest BCUT2D eigenvalue weighted by Gasteiger charge is 2.36. The zero-order valence-electron chi connectivity index (χ0n) is 11.0. The van der Waals surface area contributed by atoms with E-state index in [1.165, 1.54) is 0 Å². The monoisotopic (exact) mass is 267 g/mol. The van der Waals surface area contributed by atoms with Crippen molar-refractivity contribution in [3.63, 3.8) is 0 Å². The van der Waals surface area contributed by atoms with Crippen LogP contribution in [0.4, 0.5) is 0 Å². The first-order valence-electron chi connectivity index (χ1n) is 6.33. The summed E-state index contributed by atoms with van der Waals surface area (Å²) in [5, 5.41) is 0.838. The summed E-state index contributed by atoms with van der Waals surface area (Å²) in [4.78, 5) is 29.5. The maximum Gasteiger partial charge on any atom is 0.285 e. The molecule has 4 heteroatoms. The van der Waals surface area contributed by atoms with E-state index < -0.39 is 11.8 Å². The Morgan fingerprint density at radius 1 is 0.900 bits per heavy atom. The molecule has 4 nitrogen and oxygen atoms in total. The van der Waals surface area contributed by atoms with Crippen LogP contribution in [0.15, 0.2) is 48.5 Å². The predicted octanol–water partition coefficient (Wildman–Crippen LogP) is 2.72. The number of nitrogens with zero attached hydrogens (tertiary/aromatic N) is 1. The van der Waals surface area contributed by atoms with E-state index in [9.17, 15) is 9.59 Å². The van der Waals surface area contributed by atoms with Crippen molar-refractivity contribution in [2.24, 2.45) is 0 Å². The molecule has 0 unspecified atom stereocenters. The average Bonchev–Trinajstić information content (AvgIpc) is 2.71. The molecule has 0 N–H and O–H groups in total. The molecule has 3 rings (SSSR count). The Bertz CT molecular complexity index is 641. The van der Waals surface area contributed by atoms with Crippen LogP contribution in [0.25, 0.3) is 0 Å². The molecule has 0 aromatic heterocycles. The summed E-state index contributed by atoms with van der Waals surface area (Å²) in [7, 11) is 0. The van der Waals surface area contributed by atoms with Crippen LogP contribution in [0.3, 0.4) is 0 Å². The zero-order valence-corrected chi connectivity index (χ0v) is 11.0. The van der Waals surface area contributed by atoms with Gasteiger partial charge in [-0.05, 0) is 24.6 Å². The van der Waals surface area contributed by atoms with Crippen molar-refractivity contribution in [1.29, 1.82) is 0 Å². The van der Waals surface area contributed by atoms with Gasteiger partial charge in [0.15, 0.2) is 0 Å². The minimum atomic E-state index is -0.405. The summed E-state index contributed by atoms with van der Waals surface area (Å²) in [6, 6.07) is 14.5. The number of hydrogen-bond acceptors (Lipinski definition) is 3. The van der Waals surface area contributed by atoms with E-state index in [4.69, 9.17) is 4.84 Å². The van der Waals surface area contributed by atoms with Crippen LogP contribution in [0.2, 0.25) is 0 Å². The van der Waals surface area contributed by atoms with Crippen LogP contribution in [-0.2, 0) is 11.4 Å². The van der Waals surface area contributed by atoms with Gasteiger partial charge in [-0.15, -0.1) is 5.06 Å². The lowest BCUT2D eigenvalue weighted by Gasteiger charge is -2.13. The number of rotatable bonds is 3. The summed E-state index contributed by atoms with van der Waals surface area (Å²) in [5.74, 6) is -0.810. The van der Waals surface area contributed by atoms with Gasteiger partial charge in [0, 0.05) is 0 Å². The first-order valence-corrected chi connectivity index (χ1v) is 6.33. The number of amides is 2. The van der Waals surface area contributed by atoms with Crippen molar-refractivity contribution in [2.45, 2.75) is 13.5 Å². The SMILES string of the molecule is Cc1ccc(CON2C(=O)c3ccccc3C2=O)cc1. The third-order valence-electron chi connectivity index (χ3n) is 3.24. The number of hydroxylamine groups is 2. The number of imide groups is 1. The molecule has 0 atom stereocenters. The zero-order chi connectivity index (χ0) is 14.1. The molecular weight excluding hydrogens is 254 g/mol. The van der Waals surface area contributed by atoms with E-state index in [0.717, 1.165) is 16.2 Å². The van der Waals surface area contributed by atoms with Crippen molar-refractivity contribution >= 4 is 11.8 Å². The van der Waals surface area contributed by atoms with Crippen molar-refractivity contribution in [1.82, 2.24) is 5.06 Å². The summed E-state index contributed by atoms with van der Waals surface area (Å²) in [6.07, 6.45) is 0. The molecule has 2 aromatic rings. The van der Waals surface area contributed by atoms with Gasteiger partial charge in [0.2, 0.25) is 0 Å². The molecule has 100 valence electrons. The maximum absolute atomic E-state index is 12.1. The highest BCUT2D eigenvalue weighted by atomic mass is 16.7. The van der Waals surface area contributed by atoms with Crippen LogP contribution >= 0.6 is 0 Å². The largest absolute Gasteiger partial charge is 0.285 e. The highest BCUT2D eigenvalue weighted by Crippen LogP contribution is 2.23. The van der Waals surface area contributed by atoms with Crippen molar-refractivity contribution in [3.8, 4) is 0 Å². The minimum absolute atomic E-state index is 0.186. The fraction of sp³-hybridized carbons (Fsp3) is 0.125. The van der Waals surface area contributed by atoms with Crippen LogP contribution in [0.5, 0.6) is 0 Å². The maximum atomic E-state index is 12.1. The fourth-order valence-electron chi connectivity index (χ4n) is 2.11. The van der Waals surface area contributed by atoms with Gasteiger partial charge in [-0.2, -0.15) is 0 Å². The first-order chi connectivity index (χ1) is 9.66. The molecule has 0 saturated heterocycles. The molecule has 2 amide bonds. The van der Waals surface area contributed by atoms with Crippen LogP contribution in [-0.4, -0.2) is 16.9 Å². The lowest BCUT2D eigenvalue weighted by molar-refractivity contribution is -0.101. The topological polar surface area (TPSA) is 46.6 Å². The lowest BCUT2D eigenvalue weighted by Crippen LogP contribution is -2.29. The van der Waals surface area contributed by atoms with Gasteiger partial charge in [0.1, 0.15) is 6.61 Å². The molecule has 20 heavy (non-hydrogen) atoms. The number of benzene rings is 2. The standard InChI is InChI=1S/C16H13NO3/c1-11-6-8-12(9-7-11)10-20-17-15(18)13-4-2-3-5-14(13)16(17)19/h2-9H,10H2,1H3. The van der Waals surface area contributed by atoms with Crippen molar-refractivity contribution in [3.05, 3.63) is 70.8 Å². The third kappa shape index (κ3) is 2.10. The normalized spacial score (nSPS) is 13.8. The van der Waals surface area contributed by atoms with Crippen molar-refractivity contribution < 1.29 is 14.4 Å². The number of carbonyl (C=O) groups is 2. The molecule has 1 aliphatic heterocycles. The molecule has 1 heterocycles. The van der Waals surface area contributed by atoms with Gasteiger partial charge in [-0.1, -0.05) is 42.0 Å². The van der Waals surface area contributed by atoms with Gasteiger partial charge in [-0.25, -0.2) is 0 Å². The molecule has 0 saturated carbocycles. The Morgan fingerprint density at radius 3 is 2.00 bits per heavy atom. The molecule has 0 fully saturated rings. The van der Waals surface area contributed by atoms with Crippen molar-refractivity contribution in [2.75, 3.05) is 0 Å². The Hall–Kier alpha value is -2.46. The minimum Gasteiger partial charge on any atom is -0.266 e. The number of carbonyl (C=O) groups excluding carboxylic acids is 2. The van der Waals surface area contributed by atoms with E-state index in [2.05, 4.69) is 0 Å². The average molecular weight is 267 g/mol. The summed E-state index contributed by atoms with van der Waals surface area (Å²) in [5.41, 5.74) is 2.84. The molecule has 0 aliphatic carbocycles. The van der Waals surface area contributed by atoms with E-state index in [-0.39, 0.29) is 6.61 Å². The van der Waals surface area contributed by atoms with Gasteiger partial charge in [-0.3, -0.25) is 14.4 Å². The second kappa shape index (κ2) is 4.90. The smallest absolute Gasteiger partial charge is 0.266 e. The lowest BCUT2D eigenvalue weighted by atomic mass is 10.1. The second-order valence-corrected chi connectivity index (χ2v) is 4.71. The molecule has 0 radical (unpaired) electrons. The van der Waals surface area contributed by atoms with Gasteiger partial charge < -0.3 is 0 Å². The Labute approximate surface area is 116 Å². The molecular formula is C16H13NO3. The van der Waals surface area contributed by atoms with Gasteiger partial charge >= 0.3 is 0 Å². The number of hydrogen-bond donors (Lipinski definition) is 0. The van der Waals surface area contributed by atoms with Gasteiger partial charge in [0.25, 0.3) is 11.8 Å². The fourth-order valence-corrected chi connectivity index (χ4v) is 2.11. The van der Waals surface area contributed by atoms with E-state index in [1.807, 2.05) is 31.2 Å². The Kier molecular flexibility index (Phi) is 3.08. The Balaban J connectivity index is 1.75. The second-order valence-electron chi connectivity index (χ2n) is 4.71. The predicted molar refractivity (Wildman–Crippen MR) is 72.9 cm³/mol. The highest BCUT2D eigenvalue weighted by molar-refractivity contribution is 6.20. The molecule has 1 aliphatic rings. The molecule has 0 spiro atoms. The van der Waals surface area contributed by atoms with Crippen LogP contribution < -0.4 is 0 Å². The first kappa shape index (κ1) is 12.6. The van der Waals surface area contributed by atoms with Crippen LogP contribution in [0.1, 0.15) is 31.8 Å². The third-order valence-corrected chi connectivity index (χ3v) is 3.24. The summed E-state index contributed by atoms with van der Waals surface area (Å²) in [6.45, 7) is 2.18. The summed E-state index contributed by atoms with van der Waals surface area (Å²) >= 11 is 0. The van der Waals surface area contributed by atoms with Gasteiger partial charge in [0.05, 0.1) is 11.1 Å². The van der Waals surface area contributed by atoms with E-state index >= 15 is 0 Å². The number of fused-ring (bicyclic) bond motifs is 1. The number of aryl methyl sites for hydroxylation is 1. The van der Waals surface area contributed by atoms with Crippen LogP contribution in [0, 0.1) is 6.92 Å². The quantitative estimate of drug-likeness (QED) is 0.803. The Morgan fingerprint density at radius 2 is 1.45 bits per heavy atom. The molecule has 2 aromatic carbocycles.